The van der Waals surface area contributed by atoms with Crippen LogP contribution in [0.5, 0.6) is 0 Å². The number of anilines is 1. The number of pyridine rings is 2. The Kier molecular flexibility index (Phi) is 5.35. The molecule has 1 atom stereocenters. The number of nitrogens with one attached hydrogen (secondary N) is 1. The highest BCUT2D eigenvalue weighted by atomic mass is 19.1. The van der Waals surface area contributed by atoms with Gasteiger partial charge in [-0.05, 0) is 43.2 Å². The highest BCUT2D eigenvalue weighted by Crippen LogP contribution is 2.32. The van der Waals surface area contributed by atoms with Crippen molar-refractivity contribution >= 4 is 11.5 Å². The molecule has 3 aromatic rings. The zero-order valence-corrected chi connectivity index (χ0v) is 16.7. The van der Waals surface area contributed by atoms with Gasteiger partial charge in [-0.3, -0.25) is 15.1 Å². The standard InChI is InChI=1S/C21H23FN6O/c1-13-12-29-9-8-28(13)19-10-16(15-4-6-24-11-17(15)22)14(2)20(26-19)21(23-3)18-5-7-25-27-18/h4-7,10-11,13H,8-9,12H2,1-3H3,(H,25,27)/t13-/m1/s1. The van der Waals surface area contributed by atoms with Crippen molar-refractivity contribution in [1.82, 2.24) is 20.2 Å². The zero-order valence-electron chi connectivity index (χ0n) is 16.7. The maximum atomic E-state index is 14.6. The van der Waals surface area contributed by atoms with E-state index in [1.165, 1.54) is 6.20 Å². The number of halogens is 1. The zero-order chi connectivity index (χ0) is 20.4. The summed E-state index contributed by atoms with van der Waals surface area (Å²) in [5.74, 6) is 0.401. The number of rotatable bonds is 4. The Morgan fingerprint density at radius 3 is 2.86 bits per heavy atom. The second kappa shape index (κ2) is 8.08. The van der Waals surface area contributed by atoms with Gasteiger partial charge in [0.1, 0.15) is 17.3 Å². The summed E-state index contributed by atoms with van der Waals surface area (Å²) in [4.78, 5) is 15.5. The van der Waals surface area contributed by atoms with Gasteiger partial charge in [0, 0.05) is 31.5 Å². The first-order chi connectivity index (χ1) is 14.1. The van der Waals surface area contributed by atoms with Gasteiger partial charge in [-0.2, -0.15) is 5.10 Å². The number of hydrogen-bond acceptors (Lipinski definition) is 6. The number of nitrogens with zero attached hydrogens (tertiary/aromatic N) is 5. The highest BCUT2D eigenvalue weighted by Gasteiger charge is 2.25. The Hall–Kier alpha value is -3.13. The van der Waals surface area contributed by atoms with Crippen LogP contribution in [-0.2, 0) is 4.74 Å². The van der Waals surface area contributed by atoms with Gasteiger partial charge in [-0.1, -0.05) is 0 Å². The molecular weight excluding hydrogens is 371 g/mol. The molecule has 0 aromatic carbocycles. The average molecular weight is 394 g/mol. The predicted octanol–water partition coefficient (Wildman–Crippen LogP) is 3.01. The van der Waals surface area contributed by atoms with Crippen LogP contribution in [-0.4, -0.2) is 58.7 Å². The maximum Gasteiger partial charge on any atom is 0.149 e. The van der Waals surface area contributed by atoms with E-state index in [0.29, 0.717) is 30.2 Å². The lowest BCUT2D eigenvalue weighted by Gasteiger charge is -2.35. The summed E-state index contributed by atoms with van der Waals surface area (Å²) >= 11 is 0. The molecule has 4 rings (SSSR count). The third kappa shape index (κ3) is 3.63. The summed E-state index contributed by atoms with van der Waals surface area (Å²) in [7, 11) is 1.72. The minimum atomic E-state index is -0.370. The third-order valence-electron chi connectivity index (χ3n) is 5.19. The molecule has 7 nitrogen and oxygen atoms in total. The number of ether oxygens (including phenoxy) is 1. The molecule has 0 bridgehead atoms. The SMILES string of the molecule is CN=C(c1ccn[nH]1)c1nc(N2CCOC[C@H]2C)cc(-c2ccncc2F)c1C. The van der Waals surface area contributed by atoms with E-state index in [0.717, 1.165) is 29.2 Å². The molecule has 4 heterocycles. The van der Waals surface area contributed by atoms with E-state index in [9.17, 15) is 4.39 Å². The fraction of sp³-hybridized carbons (Fsp3) is 0.333. The maximum absolute atomic E-state index is 14.6. The molecule has 3 aromatic heterocycles. The summed E-state index contributed by atoms with van der Waals surface area (Å²) in [6.07, 6.45) is 4.50. The Morgan fingerprint density at radius 2 is 2.17 bits per heavy atom. The topological polar surface area (TPSA) is 79.3 Å². The quantitative estimate of drug-likeness (QED) is 0.688. The van der Waals surface area contributed by atoms with E-state index in [-0.39, 0.29) is 11.9 Å². The minimum Gasteiger partial charge on any atom is -0.377 e. The molecule has 0 saturated carbocycles. The summed E-state index contributed by atoms with van der Waals surface area (Å²) in [6.45, 7) is 6.00. The molecule has 0 amide bonds. The van der Waals surface area contributed by atoms with Crippen molar-refractivity contribution in [3.63, 3.8) is 0 Å². The second-order valence-electron chi connectivity index (χ2n) is 7.02. The molecule has 29 heavy (non-hydrogen) atoms. The lowest BCUT2D eigenvalue weighted by Crippen LogP contribution is -2.44. The summed E-state index contributed by atoms with van der Waals surface area (Å²) < 4.78 is 20.2. The lowest BCUT2D eigenvalue weighted by atomic mass is 9.97. The number of aromatic nitrogens is 4. The van der Waals surface area contributed by atoms with Crippen LogP contribution in [0.25, 0.3) is 11.1 Å². The molecular formula is C21H23FN6O. The first kappa shape index (κ1) is 19.2. The Bertz CT molecular complexity index is 1030. The molecule has 0 radical (unpaired) electrons. The van der Waals surface area contributed by atoms with Crippen molar-refractivity contribution in [2.45, 2.75) is 19.9 Å². The molecule has 1 fully saturated rings. The Morgan fingerprint density at radius 1 is 1.31 bits per heavy atom. The fourth-order valence-corrected chi connectivity index (χ4v) is 3.66. The van der Waals surface area contributed by atoms with E-state index >= 15 is 0 Å². The second-order valence-corrected chi connectivity index (χ2v) is 7.02. The third-order valence-corrected chi connectivity index (χ3v) is 5.19. The van der Waals surface area contributed by atoms with Crippen molar-refractivity contribution in [1.29, 1.82) is 0 Å². The number of aliphatic imine (C=N–C) groups is 1. The van der Waals surface area contributed by atoms with Crippen LogP contribution in [0.1, 0.15) is 23.9 Å². The normalized spacial score (nSPS) is 17.6. The highest BCUT2D eigenvalue weighted by molar-refractivity contribution is 6.12. The molecule has 0 unspecified atom stereocenters. The number of aromatic amines is 1. The van der Waals surface area contributed by atoms with E-state index < -0.39 is 0 Å². The number of morpholine rings is 1. The van der Waals surface area contributed by atoms with Crippen LogP contribution in [0.15, 0.2) is 41.8 Å². The largest absolute Gasteiger partial charge is 0.377 e. The van der Waals surface area contributed by atoms with Gasteiger partial charge in [0.05, 0.1) is 36.8 Å². The van der Waals surface area contributed by atoms with Crippen molar-refractivity contribution in [2.75, 3.05) is 31.7 Å². The molecule has 1 aliphatic heterocycles. The van der Waals surface area contributed by atoms with Crippen LogP contribution in [0, 0.1) is 12.7 Å². The van der Waals surface area contributed by atoms with Crippen LogP contribution < -0.4 is 4.90 Å². The van der Waals surface area contributed by atoms with E-state index in [1.54, 1.807) is 25.5 Å². The number of H-pyrrole nitrogens is 1. The molecule has 1 aliphatic rings. The van der Waals surface area contributed by atoms with Crippen molar-refractivity contribution in [3.05, 3.63) is 59.6 Å². The molecule has 8 heteroatoms. The summed E-state index contributed by atoms with van der Waals surface area (Å²) in [6, 6.07) is 5.64. The molecule has 0 aliphatic carbocycles. The predicted molar refractivity (Wildman–Crippen MR) is 110 cm³/mol. The number of hydrogen-bond donors (Lipinski definition) is 1. The van der Waals surface area contributed by atoms with Gasteiger partial charge in [0.2, 0.25) is 0 Å². The lowest BCUT2D eigenvalue weighted by molar-refractivity contribution is 0.0985. The van der Waals surface area contributed by atoms with E-state index in [2.05, 4.69) is 32.0 Å². The van der Waals surface area contributed by atoms with Crippen LogP contribution in [0.4, 0.5) is 10.2 Å². The van der Waals surface area contributed by atoms with Gasteiger partial charge in [0.25, 0.3) is 0 Å². The van der Waals surface area contributed by atoms with Gasteiger partial charge in [0.15, 0.2) is 0 Å². The summed E-state index contributed by atoms with van der Waals surface area (Å²) in [5.41, 5.74) is 4.23. The van der Waals surface area contributed by atoms with Crippen LogP contribution in [0.2, 0.25) is 0 Å². The molecule has 1 N–H and O–H groups in total. The van der Waals surface area contributed by atoms with Crippen molar-refractivity contribution in [3.8, 4) is 11.1 Å². The van der Waals surface area contributed by atoms with Gasteiger partial charge < -0.3 is 9.64 Å². The van der Waals surface area contributed by atoms with E-state index in [4.69, 9.17) is 9.72 Å². The van der Waals surface area contributed by atoms with Gasteiger partial charge in [-0.15, -0.1) is 0 Å². The van der Waals surface area contributed by atoms with Gasteiger partial charge >= 0.3 is 0 Å². The monoisotopic (exact) mass is 394 g/mol. The molecule has 150 valence electrons. The van der Waals surface area contributed by atoms with Gasteiger partial charge in [-0.25, -0.2) is 9.37 Å². The Balaban J connectivity index is 1.94. The van der Waals surface area contributed by atoms with Crippen LogP contribution >= 0.6 is 0 Å². The average Bonchev–Trinajstić information content (AvgIpc) is 3.25. The first-order valence-electron chi connectivity index (χ1n) is 9.53. The fourth-order valence-electron chi connectivity index (χ4n) is 3.66. The Labute approximate surface area is 168 Å². The van der Waals surface area contributed by atoms with E-state index in [1.807, 2.05) is 19.1 Å². The first-order valence-corrected chi connectivity index (χ1v) is 9.53. The summed E-state index contributed by atoms with van der Waals surface area (Å²) in [5, 5.41) is 6.99. The molecule has 1 saturated heterocycles. The van der Waals surface area contributed by atoms with Crippen LogP contribution in [0.3, 0.4) is 0 Å². The smallest absolute Gasteiger partial charge is 0.149 e. The van der Waals surface area contributed by atoms with Crippen molar-refractivity contribution in [2.24, 2.45) is 4.99 Å². The van der Waals surface area contributed by atoms with Crippen molar-refractivity contribution < 1.29 is 9.13 Å². The minimum absolute atomic E-state index is 0.163. The molecule has 0 spiro atoms.